The van der Waals surface area contributed by atoms with Gasteiger partial charge in [-0.3, -0.25) is 4.79 Å². The van der Waals surface area contributed by atoms with Crippen molar-refractivity contribution in [1.29, 1.82) is 0 Å². The minimum absolute atomic E-state index is 0.0274. The molecular weight excluding hydrogens is 172 g/mol. The fraction of sp³-hybridized carbons (Fsp3) is 0.750. The van der Waals surface area contributed by atoms with E-state index in [9.17, 15) is 9.59 Å². The molecule has 0 unspecified atom stereocenters. The number of rotatable bonds is 3. The van der Waals surface area contributed by atoms with Crippen LogP contribution in [0.1, 0.15) is 20.3 Å². The van der Waals surface area contributed by atoms with Gasteiger partial charge >= 0.3 is 12.0 Å². The summed E-state index contributed by atoms with van der Waals surface area (Å²) >= 11 is 0. The predicted molar refractivity (Wildman–Crippen MR) is 46.4 cm³/mol. The van der Waals surface area contributed by atoms with Crippen LogP contribution in [0.3, 0.4) is 0 Å². The first kappa shape index (κ1) is 9.83. The van der Waals surface area contributed by atoms with Crippen LogP contribution in [0.15, 0.2) is 0 Å². The molecule has 74 valence electrons. The van der Waals surface area contributed by atoms with E-state index in [0.717, 1.165) is 0 Å². The van der Waals surface area contributed by atoms with Gasteiger partial charge in [-0.15, -0.1) is 0 Å². The number of nitrogens with zero attached hydrogens (tertiary/aromatic N) is 1. The summed E-state index contributed by atoms with van der Waals surface area (Å²) in [5, 5.41) is 11.3. The van der Waals surface area contributed by atoms with Gasteiger partial charge in [-0.25, -0.2) is 4.79 Å². The molecule has 0 atom stereocenters. The lowest BCUT2D eigenvalue weighted by molar-refractivity contribution is -0.139. The Morgan fingerprint density at radius 2 is 2.31 bits per heavy atom. The number of carbonyl (C=O) groups is 2. The third-order valence-electron chi connectivity index (χ3n) is 2.17. The zero-order valence-electron chi connectivity index (χ0n) is 7.83. The van der Waals surface area contributed by atoms with Crippen molar-refractivity contribution >= 4 is 12.0 Å². The summed E-state index contributed by atoms with van der Waals surface area (Å²) in [5.74, 6) is -0.885. The molecule has 2 amide bonds. The molecular formula is C8H14N2O3. The minimum Gasteiger partial charge on any atom is -0.481 e. The van der Waals surface area contributed by atoms with Crippen LogP contribution in [0.5, 0.6) is 0 Å². The van der Waals surface area contributed by atoms with E-state index in [1.54, 1.807) is 18.7 Å². The van der Waals surface area contributed by atoms with E-state index in [0.29, 0.717) is 13.1 Å². The number of hydrogen-bond donors (Lipinski definition) is 2. The van der Waals surface area contributed by atoms with Gasteiger partial charge in [0.2, 0.25) is 0 Å². The van der Waals surface area contributed by atoms with E-state index >= 15 is 0 Å². The molecule has 0 aromatic heterocycles. The Morgan fingerprint density at radius 1 is 1.69 bits per heavy atom. The first-order valence-corrected chi connectivity index (χ1v) is 4.21. The quantitative estimate of drug-likeness (QED) is 0.664. The fourth-order valence-electron chi connectivity index (χ4n) is 1.51. The predicted octanol–water partition coefficient (Wildman–Crippen LogP) is 0.265. The summed E-state index contributed by atoms with van der Waals surface area (Å²) in [6, 6.07) is -0.175. The molecule has 0 aromatic rings. The lowest BCUT2D eigenvalue weighted by atomic mass is 9.99. The van der Waals surface area contributed by atoms with Gasteiger partial charge in [-0.1, -0.05) is 0 Å². The maximum Gasteiger partial charge on any atom is 0.317 e. The van der Waals surface area contributed by atoms with Crippen molar-refractivity contribution in [2.24, 2.45) is 0 Å². The Morgan fingerprint density at radius 3 is 2.69 bits per heavy atom. The highest BCUT2D eigenvalue weighted by Crippen LogP contribution is 2.20. The molecule has 2 N–H and O–H groups in total. The molecule has 1 aliphatic rings. The lowest BCUT2D eigenvalue weighted by Gasteiger charge is -2.32. The van der Waals surface area contributed by atoms with Crippen LogP contribution in [0.2, 0.25) is 0 Å². The Kier molecular flexibility index (Phi) is 2.45. The Labute approximate surface area is 76.7 Å². The van der Waals surface area contributed by atoms with Gasteiger partial charge < -0.3 is 15.3 Å². The summed E-state index contributed by atoms with van der Waals surface area (Å²) in [7, 11) is 0. The molecule has 0 bridgehead atoms. The van der Waals surface area contributed by atoms with Crippen LogP contribution in [0.25, 0.3) is 0 Å². The van der Waals surface area contributed by atoms with Crippen LogP contribution in [-0.2, 0) is 4.79 Å². The highest BCUT2D eigenvalue weighted by atomic mass is 16.4. The topological polar surface area (TPSA) is 69.6 Å². The zero-order chi connectivity index (χ0) is 10.1. The summed E-state index contributed by atoms with van der Waals surface area (Å²) in [4.78, 5) is 23.3. The van der Waals surface area contributed by atoms with E-state index in [1.807, 2.05) is 0 Å². The molecule has 5 nitrogen and oxygen atoms in total. The van der Waals surface area contributed by atoms with Crippen molar-refractivity contribution in [3.63, 3.8) is 0 Å². The summed E-state index contributed by atoms with van der Waals surface area (Å²) < 4.78 is 0. The summed E-state index contributed by atoms with van der Waals surface area (Å²) in [6.07, 6.45) is -0.0274. The van der Waals surface area contributed by atoms with Crippen molar-refractivity contribution in [3.05, 3.63) is 0 Å². The van der Waals surface area contributed by atoms with Gasteiger partial charge in [0.25, 0.3) is 0 Å². The number of carboxylic acid groups (broad SMARTS) is 1. The van der Waals surface area contributed by atoms with Gasteiger partial charge in [0.05, 0.1) is 6.42 Å². The molecule has 13 heavy (non-hydrogen) atoms. The van der Waals surface area contributed by atoms with E-state index in [1.165, 1.54) is 0 Å². The number of hydrogen-bond acceptors (Lipinski definition) is 2. The number of aliphatic carboxylic acids is 1. The molecule has 0 spiro atoms. The molecule has 1 fully saturated rings. The van der Waals surface area contributed by atoms with Gasteiger partial charge in [0.1, 0.15) is 0 Å². The van der Waals surface area contributed by atoms with Crippen LogP contribution in [0, 0.1) is 0 Å². The lowest BCUT2D eigenvalue weighted by Crippen LogP contribution is -2.47. The van der Waals surface area contributed by atoms with Crippen LogP contribution in [0.4, 0.5) is 4.79 Å². The number of nitrogens with one attached hydrogen (secondary N) is 1. The van der Waals surface area contributed by atoms with Crippen molar-refractivity contribution in [1.82, 2.24) is 10.2 Å². The van der Waals surface area contributed by atoms with Crippen LogP contribution < -0.4 is 5.32 Å². The molecule has 1 rings (SSSR count). The van der Waals surface area contributed by atoms with Gasteiger partial charge in [0.15, 0.2) is 0 Å². The smallest absolute Gasteiger partial charge is 0.317 e. The van der Waals surface area contributed by atoms with E-state index in [4.69, 9.17) is 5.11 Å². The Balaban J connectivity index is 2.67. The van der Waals surface area contributed by atoms with Crippen molar-refractivity contribution in [3.8, 4) is 0 Å². The molecule has 0 radical (unpaired) electrons. The highest BCUT2D eigenvalue weighted by molar-refractivity contribution is 5.78. The monoisotopic (exact) mass is 186 g/mol. The number of amides is 2. The number of carboxylic acids is 1. The molecule has 1 heterocycles. The van der Waals surface area contributed by atoms with Crippen LogP contribution >= 0.6 is 0 Å². The Bertz CT molecular complexity index is 238. The van der Waals surface area contributed by atoms with Gasteiger partial charge in [-0.2, -0.15) is 0 Å². The molecule has 0 saturated carbocycles. The van der Waals surface area contributed by atoms with Gasteiger partial charge in [-0.05, 0) is 13.8 Å². The molecule has 1 saturated heterocycles. The second-order valence-electron chi connectivity index (χ2n) is 3.77. The fourth-order valence-corrected chi connectivity index (χ4v) is 1.51. The average Bonchev–Trinajstić information content (AvgIpc) is 2.32. The maximum atomic E-state index is 11.2. The molecule has 1 aliphatic heterocycles. The largest absolute Gasteiger partial charge is 0.481 e. The van der Waals surface area contributed by atoms with Crippen molar-refractivity contribution < 1.29 is 14.7 Å². The second kappa shape index (κ2) is 3.24. The molecule has 0 aromatic carbocycles. The second-order valence-corrected chi connectivity index (χ2v) is 3.77. The van der Waals surface area contributed by atoms with Crippen molar-refractivity contribution in [2.75, 3.05) is 13.1 Å². The van der Waals surface area contributed by atoms with E-state index in [-0.39, 0.29) is 12.5 Å². The standard InChI is InChI=1S/C8H14N2O3/c1-8(2,5-6(11)12)10-4-3-9-7(10)13/h3-5H2,1-2H3,(H,9,13)(H,11,12). The first-order chi connectivity index (χ1) is 5.93. The van der Waals surface area contributed by atoms with Crippen molar-refractivity contribution in [2.45, 2.75) is 25.8 Å². The molecule has 5 heteroatoms. The van der Waals surface area contributed by atoms with Gasteiger partial charge in [0, 0.05) is 18.6 Å². The minimum atomic E-state index is -0.885. The summed E-state index contributed by atoms with van der Waals surface area (Å²) in [6.45, 7) is 4.69. The number of urea groups is 1. The summed E-state index contributed by atoms with van der Waals surface area (Å²) in [5.41, 5.74) is -0.605. The normalized spacial score (nSPS) is 17.4. The SMILES string of the molecule is CC(C)(CC(=O)O)N1CCNC1=O. The highest BCUT2D eigenvalue weighted by Gasteiger charge is 2.35. The first-order valence-electron chi connectivity index (χ1n) is 4.21. The van der Waals surface area contributed by atoms with E-state index < -0.39 is 11.5 Å². The maximum absolute atomic E-state index is 11.2. The molecule has 0 aliphatic carbocycles. The third kappa shape index (κ3) is 2.11. The Hall–Kier alpha value is -1.26. The van der Waals surface area contributed by atoms with Crippen LogP contribution in [-0.4, -0.2) is 40.6 Å². The number of carbonyl (C=O) groups excluding carboxylic acids is 1. The van der Waals surface area contributed by atoms with E-state index in [2.05, 4.69) is 5.32 Å². The zero-order valence-corrected chi connectivity index (χ0v) is 7.83. The third-order valence-corrected chi connectivity index (χ3v) is 2.17. The average molecular weight is 186 g/mol.